The first-order valence-corrected chi connectivity index (χ1v) is 11.0. The van der Waals surface area contributed by atoms with Crippen molar-refractivity contribution in [1.82, 2.24) is 0 Å². The second-order valence-electron chi connectivity index (χ2n) is 6.18. The van der Waals surface area contributed by atoms with Gasteiger partial charge >= 0.3 is 0 Å². The molecule has 1 aliphatic rings. The zero-order valence-electron chi connectivity index (χ0n) is 16.5. The Morgan fingerprint density at radius 3 is 2.75 bits per heavy atom. The molecule has 150 valence electrons. The van der Waals surface area contributed by atoms with E-state index in [0.717, 1.165) is 23.7 Å². The normalized spacial score (nSPS) is 15.3. The summed E-state index contributed by atoms with van der Waals surface area (Å²) in [6.07, 6.45) is 1.83. The van der Waals surface area contributed by atoms with Crippen LogP contribution in [0, 0.1) is 0 Å². The number of thiophene rings is 1. The van der Waals surface area contributed by atoms with E-state index in [-0.39, 0.29) is 11.3 Å². The van der Waals surface area contributed by atoms with Crippen molar-refractivity contribution in [3.63, 3.8) is 0 Å². The summed E-state index contributed by atoms with van der Waals surface area (Å²) in [5, 5.41) is 7.41. The molecule has 1 unspecified atom stereocenters. The first-order chi connectivity index (χ1) is 13.6. The molecule has 8 heteroatoms. The van der Waals surface area contributed by atoms with Crippen molar-refractivity contribution in [2.24, 2.45) is 4.99 Å². The van der Waals surface area contributed by atoms with Crippen molar-refractivity contribution in [3.05, 3.63) is 34.7 Å². The molecule has 2 aromatic rings. The lowest BCUT2D eigenvalue weighted by molar-refractivity contribution is -0.113. The van der Waals surface area contributed by atoms with E-state index in [1.807, 2.05) is 0 Å². The monoisotopic (exact) mass is 419 g/mol. The van der Waals surface area contributed by atoms with Crippen molar-refractivity contribution < 1.29 is 14.3 Å². The summed E-state index contributed by atoms with van der Waals surface area (Å²) in [4.78, 5) is 18.6. The number of amidine groups is 1. The highest BCUT2D eigenvalue weighted by Crippen LogP contribution is 2.43. The first kappa shape index (κ1) is 20.5. The van der Waals surface area contributed by atoms with E-state index in [1.165, 1.54) is 22.2 Å². The molecule has 0 spiro atoms. The molecular weight excluding hydrogens is 394 g/mol. The molecule has 0 bridgehead atoms. The molecule has 1 aliphatic heterocycles. The molecule has 28 heavy (non-hydrogen) atoms. The Morgan fingerprint density at radius 2 is 2.07 bits per heavy atom. The molecule has 2 heterocycles. The number of fused-ring (bicyclic) bond motifs is 1. The predicted molar refractivity (Wildman–Crippen MR) is 118 cm³/mol. The lowest BCUT2D eigenvalue weighted by Gasteiger charge is -2.21. The Morgan fingerprint density at radius 1 is 1.25 bits per heavy atom. The summed E-state index contributed by atoms with van der Waals surface area (Å²) in [5.74, 6) is 2.42. The van der Waals surface area contributed by atoms with Crippen molar-refractivity contribution in [2.45, 2.75) is 32.1 Å². The fourth-order valence-corrected chi connectivity index (χ4v) is 4.91. The second-order valence-corrected chi connectivity index (χ2v) is 8.39. The minimum atomic E-state index is -0.0901. The van der Waals surface area contributed by atoms with Gasteiger partial charge in [-0.05, 0) is 24.6 Å². The number of nitrogens with zero attached hydrogens (tertiary/aromatic N) is 1. The van der Waals surface area contributed by atoms with Crippen LogP contribution in [0.15, 0.2) is 29.3 Å². The number of aliphatic imine (C=N–C) groups is 1. The number of amides is 1. The Kier molecular flexibility index (Phi) is 6.85. The van der Waals surface area contributed by atoms with Crippen LogP contribution in [-0.2, 0) is 11.2 Å². The summed E-state index contributed by atoms with van der Waals surface area (Å²) in [7, 11) is 3.16. The molecule has 0 saturated carbocycles. The summed E-state index contributed by atoms with van der Waals surface area (Å²) < 4.78 is 10.5. The molecule has 2 N–H and O–H groups in total. The quantitative estimate of drug-likeness (QED) is 0.635. The summed E-state index contributed by atoms with van der Waals surface area (Å²) in [6.45, 7) is 4.23. The molecular formula is C20H25N3O3S2. The number of carbonyl (C=O) groups is 1. The fraction of sp³-hybridized carbons (Fsp3) is 0.400. The number of benzene rings is 1. The molecule has 1 atom stereocenters. The van der Waals surface area contributed by atoms with E-state index < -0.39 is 0 Å². The number of carbonyl (C=O) groups excluding carboxylic acids is 1. The number of rotatable bonds is 8. The van der Waals surface area contributed by atoms with Crippen LogP contribution >= 0.6 is 23.1 Å². The van der Waals surface area contributed by atoms with Crippen LogP contribution in [0.5, 0.6) is 11.5 Å². The lowest BCUT2D eigenvalue weighted by atomic mass is 10.2. The largest absolute Gasteiger partial charge is 0.497 e. The number of nitrogens with one attached hydrogen (secondary N) is 2. The molecule has 0 radical (unpaired) electrons. The topological polar surface area (TPSA) is 72.0 Å². The van der Waals surface area contributed by atoms with E-state index in [2.05, 4.69) is 30.5 Å². The molecule has 1 aromatic carbocycles. The van der Waals surface area contributed by atoms with E-state index in [9.17, 15) is 4.79 Å². The number of aryl methyl sites for hydroxylation is 1. The van der Waals surface area contributed by atoms with Crippen LogP contribution in [0.1, 0.15) is 36.1 Å². The Hall–Kier alpha value is -2.19. The average molecular weight is 420 g/mol. The highest BCUT2D eigenvalue weighted by atomic mass is 32.2. The maximum Gasteiger partial charge on any atom is 0.234 e. The summed E-state index contributed by atoms with van der Waals surface area (Å²) >= 11 is 3.30. The zero-order chi connectivity index (χ0) is 20.1. The third kappa shape index (κ3) is 4.62. The predicted octanol–water partition coefficient (Wildman–Crippen LogP) is 4.93. The SMILES string of the molecule is CCC1=NC(SCC(=O)Nc2ccc(OC)cc2OC)c2cc(CC)sc2N1. The third-order valence-electron chi connectivity index (χ3n) is 4.35. The maximum absolute atomic E-state index is 12.5. The Bertz CT molecular complexity index is 880. The van der Waals surface area contributed by atoms with Crippen LogP contribution in [-0.4, -0.2) is 31.7 Å². The molecule has 3 rings (SSSR count). The molecule has 6 nitrogen and oxygen atoms in total. The van der Waals surface area contributed by atoms with Crippen LogP contribution in [0.3, 0.4) is 0 Å². The molecule has 0 fully saturated rings. The number of thioether (sulfide) groups is 1. The molecule has 0 saturated heterocycles. The second kappa shape index (κ2) is 9.34. The van der Waals surface area contributed by atoms with Crippen molar-refractivity contribution in [1.29, 1.82) is 0 Å². The van der Waals surface area contributed by atoms with E-state index in [1.54, 1.807) is 43.8 Å². The van der Waals surface area contributed by atoms with Gasteiger partial charge in [0.15, 0.2) is 0 Å². The van der Waals surface area contributed by atoms with Gasteiger partial charge < -0.3 is 20.1 Å². The van der Waals surface area contributed by atoms with Gasteiger partial charge in [0.1, 0.15) is 27.7 Å². The van der Waals surface area contributed by atoms with Gasteiger partial charge in [-0.1, -0.05) is 13.8 Å². The lowest BCUT2D eigenvalue weighted by Crippen LogP contribution is -2.19. The van der Waals surface area contributed by atoms with E-state index >= 15 is 0 Å². The van der Waals surface area contributed by atoms with E-state index in [4.69, 9.17) is 14.5 Å². The van der Waals surface area contributed by atoms with Crippen molar-refractivity contribution >= 4 is 45.5 Å². The Labute approximate surface area is 173 Å². The van der Waals surface area contributed by atoms with Gasteiger partial charge in [-0.2, -0.15) is 0 Å². The van der Waals surface area contributed by atoms with Gasteiger partial charge in [0.2, 0.25) is 5.91 Å². The fourth-order valence-electron chi connectivity index (χ4n) is 2.84. The van der Waals surface area contributed by atoms with Gasteiger partial charge in [0.25, 0.3) is 0 Å². The van der Waals surface area contributed by atoms with Gasteiger partial charge in [0.05, 0.1) is 25.7 Å². The summed E-state index contributed by atoms with van der Waals surface area (Å²) in [6, 6.07) is 7.52. The van der Waals surface area contributed by atoms with Crippen LogP contribution in [0.2, 0.25) is 0 Å². The van der Waals surface area contributed by atoms with Gasteiger partial charge in [-0.3, -0.25) is 9.79 Å². The minimum Gasteiger partial charge on any atom is -0.497 e. The molecule has 1 amide bonds. The number of hydrogen-bond donors (Lipinski definition) is 2. The number of ether oxygens (including phenoxy) is 2. The standard InChI is InChI=1S/C20H25N3O3S2/c1-5-13-10-14-19(22-17(6-2)23-20(14)28-13)27-11-18(24)21-15-8-7-12(25-3)9-16(15)26-4/h7-10,19H,5-6,11H2,1-4H3,(H,21,24)(H,22,23). The van der Waals surface area contributed by atoms with Crippen LogP contribution < -0.4 is 20.1 Å². The van der Waals surface area contributed by atoms with Crippen molar-refractivity contribution in [2.75, 3.05) is 30.6 Å². The molecule has 1 aromatic heterocycles. The number of anilines is 2. The van der Waals surface area contributed by atoms with Crippen molar-refractivity contribution in [3.8, 4) is 11.5 Å². The highest BCUT2D eigenvalue weighted by Gasteiger charge is 2.24. The van der Waals surface area contributed by atoms with Gasteiger partial charge in [0, 0.05) is 22.9 Å². The first-order valence-electron chi connectivity index (χ1n) is 9.17. The Balaban J connectivity index is 1.68. The third-order valence-corrected chi connectivity index (χ3v) is 6.66. The smallest absolute Gasteiger partial charge is 0.234 e. The zero-order valence-corrected chi connectivity index (χ0v) is 18.1. The van der Waals surface area contributed by atoms with Gasteiger partial charge in [-0.15, -0.1) is 23.1 Å². The maximum atomic E-state index is 12.5. The van der Waals surface area contributed by atoms with Crippen LogP contribution in [0.4, 0.5) is 10.7 Å². The number of hydrogen-bond acceptors (Lipinski definition) is 7. The van der Waals surface area contributed by atoms with Crippen LogP contribution in [0.25, 0.3) is 0 Å². The van der Waals surface area contributed by atoms with E-state index in [0.29, 0.717) is 22.9 Å². The molecule has 0 aliphatic carbocycles. The highest BCUT2D eigenvalue weighted by molar-refractivity contribution is 8.00. The summed E-state index contributed by atoms with van der Waals surface area (Å²) in [5.41, 5.74) is 1.79. The average Bonchev–Trinajstić information content (AvgIpc) is 3.15. The van der Waals surface area contributed by atoms with Gasteiger partial charge in [-0.25, -0.2) is 0 Å². The minimum absolute atomic E-state index is 0.0636. The number of methoxy groups -OCH3 is 2.